The number of esters is 1. The van der Waals surface area contributed by atoms with Gasteiger partial charge in [-0.25, -0.2) is 0 Å². The molecule has 206 valence electrons. The van der Waals surface area contributed by atoms with Crippen molar-refractivity contribution < 1.29 is 29.0 Å². The molecule has 2 bridgehead atoms. The lowest BCUT2D eigenvalue weighted by Crippen LogP contribution is -2.58. The molecule has 2 amide bonds. The van der Waals surface area contributed by atoms with Gasteiger partial charge in [0.2, 0.25) is 11.8 Å². The second kappa shape index (κ2) is 11.0. The second-order valence-corrected chi connectivity index (χ2v) is 10.8. The molecule has 1 aromatic carbocycles. The van der Waals surface area contributed by atoms with Gasteiger partial charge in [0.25, 0.3) is 0 Å². The largest absolute Gasteiger partial charge is 0.465 e. The molecule has 0 radical (unpaired) electrons. The van der Waals surface area contributed by atoms with Crippen molar-refractivity contribution in [3.8, 4) is 0 Å². The van der Waals surface area contributed by atoms with Crippen molar-refractivity contribution in [1.29, 1.82) is 0 Å². The maximum absolute atomic E-state index is 14.4. The van der Waals surface area contributed by atoms with Gasteiger partial charge in [0.1, 0.15) is 17.6 Å². The van der Waals surface area contributed by atoms with Gasteiger partial charge in [-0.3, -0.25) is 14.4 Å². The number of fused-ring (bicyclic) bond motifs is 1. The summed E-state index contributed by atoms with van der Waals surface area (Å²) >= 11 is 0. The zero-order chi connectivity index (χ0) is 27.7. The van der Waals surface area contributed by atoms with Crippen molar-refractivity contribution in [2.75, 3.05) is 19.8 Å². The van der Waals surface area contributed by atoms with E-state index in [-0.39, 0.29) is 31.1 Å². The number of aliphatic hydroxyl groups is 1. The average molecular weight is 525 g/mol. The highest BCUT2D eigenvalue weighted by Gasteiger charge is 2.79. The SMILES string of the molecule is C=CCCOC(=O)[C@H]1[C@H]2C(=O)N([C@H](CO)c3ccccc3)C(C(=O)N(CC=C)C(C)C)C23CC[C@]1(CC)O3. The molecular weight excluding hydrogens is 484 g/mol. The van der Waals surface area contributed by atoms with Crippen LogP contribution in [0.5, 0.6) is 0 Å². The van der Waals surface area contributed by atoms with Crippen LogP contribution in [0, 0.1) is 11.8 Å². The highest BCUT2D eigenvalue weighted by Crippen LogP contribution is 2.65. The van der Waals surface area contributed by atoms with Crippen molar-refractivity contribution in [2.24, 2.45) is 11.8 Å². The van der Waals surface area contributed by atoms with Crippen LogP contribution in [0.4, 0.5) is 0 Å². The van der Waals surface area contributed by atoms with E-state index in [0.29, 0.717) is 37.8 Å². The van der Waals surface area contributed by atoms with Gasteiger partial charge in [-0.05, 0) is 45.1 Å². The molecule has 1 spiro atoms. The fourth-order valence-corrected chi connectivity index (χ4v) is 6.84. The lowest BCUT2D eigenvalue weighted by atomic mass is 9.65. The fraction of sp³-hybridized carbons (Fsp3) is 0.567. The smallest absolute Gasteiger partial charge is 0.312 e. The number of rotatable bonds is 12. The standard InChI is InChI=1S/C30H40N2O6/c1-6-9-18-37-28(36)24-23-26(34)32(22(19-33)21-13-11-10-12-14-21)25(27(35)31(17-7-2)20(4)5)30(23)16-15-29(24,8-3)38-30/h6-7,10-14,20,22-25,33H,1-2,8-9,15-19H2,3-5H3/t22-,23+,24-,25?,29+,30?/m1/s1. The Morgan fingerprint density at radius 1 is 1.24 bits per heavy atom. The van der Waals surface area contributed by atoms with Crippen LogP contribution in [0.3, 0.4) is 0 Å². The van der Waals surface area contributed by atoms with Crippen LogP contribution in [-0.2, 0) is 23.9 Å². The normalized spacial score (nSPS) is 30.3. The van der Waals surface area contributed by atoms with Gasteiger partial charge in [0, 0.05) is 12.6 Å². The molecule has 8 heteroatoms. The third kappa shape index (κ3) is 4.28. The molecule has 0 aromatic heterocycles. The first kappa shape index (κ1) is 28.0. The summed E-state index contributed by atoms with van der Waals surface area (Å²) in [5, 5.41) is 10.6. The molecule has 3 saturated heterocycles. The van der Waals surface area contributed by atoms with Gasteiger partial charge in [-0.2, -0.15) is 0 Å². The summed E-state index contributed by atoms with van der Waals surface area (Å²) in [4.78, 5) is 45.5. The molecule has 4 rings (SSSR count). The predicted octanol–water partition coefficient (Wildman–Crippen LogP) is 3.42. The van der Waals surface area contributed by atoms with Crippen LogP contribution in [0.1, 0.15) is 58.1 Å². The summed E-state index contributed by atoms with van der Waals surface area (Å²) in [6, 6.07) is 7.26. The van der Waals surface area contributed by atoms with Gasteiger partial charge < -0.3 is 24.4 Å². The zero-order valence-electron chi connectivity index (χ0n) is 22.7. The van der Waals surface area contributed by atoms with Gasteiger partial charge in [-0.15, -0.1) is 13.2 Å². The van der Waals surface area contributed by atoms with Crippen molar-refractivity contribution in [1.82, 2.24) is 9.80 Å². The lowest BCUT2D eigenvalue weighted by Gasteiger charge is -2.40. The number of aliphatic hydroxyl groups excluding tert-OH is 1. The van der Waals surface area contributed by atoms with Crippen LogP contribution in [0.25, 0.3) is 0 Å². The molecule has 3 aliphatic rings. The number of carbonyl (C=O) groups excluding carboxylic acids is 3. The maximum Gasteiger partial charge on any atom is 0.312 e. The lowest BCUT2D eigenvalue weighted by molar-refractivity contribution is -0.164. The third-order valence-electron chi connectivity index (χ3n) is 8.60. The van der Waals surface area contributed by atoms with E-state index in [0.717, 1.165) is 0 Å². The first-order valence-corrected chi connectivity index (χ1v) is 13.6. The van der Waals surface area contributed by atoms with E-state index in [2.05, 4.69) is 13.2 Å². The number of hydrogen-bond acceptors (Lipinski definition) is 6. The van der Waals surface area contributed by atoms with Crippen molar-refractivity contribution in [3.63, 3.8) is 0 Å². The average Bonchev–Trinajstić information content (AvgIpc) is 3.52. The Labute approximate surface area is 225 Å². The minimum absolute atomic E-state index is 0.157. The summed E-state index contributed by atoms with van der Waals surface area (Å²) in [6.45, 7) is 13.4. The summed E-state index contributed by atoms with van der Waals surface area (Å²) in [7, 11) is 0. The van der Waals surface area contributed by atoms with E-state index >= 15 is 0 Å². The van der Waals surface area contributed by atoms with Crippen LogP contribution in [0.15, 0.2) is 55.6 Å². The molecule has 1 N–H and O–H groups in total. The van der Waals surface area contributed by atoms with Crippen molar-refractivity contribution >= 4 is 17.8 Å². The summed E-state index contributed by atoms with van der Waals surface area (Å²) in [5.74, 6) is -2.81. The number of carbonyl (C=O) groups is 3. The van der Waals surface area contributed by atoms with E-state index in [9.17, 15) is 19.5 Å². The minimum Gasteiger partial charge on any atom is -0.465 e. The van der Waals surface area contributed by atoms with Crippen molar-refractivity contribution in [2.45, 2.75) is 75.8 Å². The molecular formula is C30H40N2O6. The number of nitrogens with zero attached hydrogens (tertiary/aromatic N) is 2. The quantitative estimate of drug-likeness (QED) is 0.256. The maximum atomic E-state index is 14.4. The van der Waals surface area contributed by atoms with Crippen LogP contribution in [-0.4, -0.2) is 75.7 Å². The number of hydrogen-bond donors (Lipinski definition) is 1. The molecule has 0 aliphatic carbocycles. The Kier molecular flexibility index (Phi) is 8.14. The number of amides is 2. The van der Waals surface area contributed by atoms with Crippen LogP contribution >= 0.6 is 0 Å². The molecule has 3 heterocycles. The Morgan fingerprint density at radius 3 is 2.53 bits per heavy atom. The molecule has 3 fully saturated rings. The van der Waals surface area contributed by atoms with Gasteiger partial charge >= 0.3 is 5.97 Å². The molecule has 8 nitrogen and oxygen atoms in total. The Bertz CT molecular complexity index is 1070. The summed E-state index contributed by atoms with van der Waals surface area (Å²) in [5.41, 5.74) is -1.36. The van der Waals surface area contributed by atoms with E-state index in [4.69, 9.17) is 9.47 Å². The minimum atomic E-state index is -1.19. The van der Waals surface area contributed by atoms with Gasteiger partial charge in [0.05, 0.1) is 30.8 Å². The second-order valence-electron chi connectivity index (χ2n) is 10.8. The number of likely N-dealkylation sites (tertiary alicyclic amines) is 1. The molecule has 2 unspecified atom stereocenters. The summed E-state index contributed by atoms with van der Waals surface area (Å²) in [6.07, 6.45) is 5.36. The monoisotopic (exact) mass is 524 g/mol. The van der Waals surface area contributed by atoms with Crippen LogP contribution in [0.2, 0.25) is 0 Å². The summed E-state index contributed by atoms with van der Waals surface area (Å²) < 4.78 is 12.4. The van der Waals surface area contributed by atoms with Gasteiger partial charge in [0.15, 0.2) is 0 Å². The van der Waals surface area contributed by atoms with E-state index in [1.54, 1.807) is 17.1 Å². The van der Waals surface area contributed by atoms with E-state index in [1.807, 2.05) is 51.1 Å². The Morgan fingerprint density at radius 2 is 1.95 bits per heavy atom. The van der Waals surface area contributed by atoms with Crippen LogP contribution < -0.4 is 0 Å². The highest BCUT2D eigenvalue weighted by atomic mass is 16.6. The van der Waals surface area contributed by atoms with E-state index in [1.165, 1.54) is 4.90 Å². The molecule has 3 aliphatic heterocycles. The molecule has 6 atom stereocenters. The number of benzene rings is 1. The van der Waals surface area contributed by atoms with Gasteiger partial charge in [-0.1, -0.05) is 49.4 Å². The Balaban J connectivity index is 1.85. The molecule has 0 saturated carbocycles. The molecule has 1 aromatic rings. The fourth-order valence-electron chi connectivity index (χ4n) is 6.84. The topological polar surface area (TPSA) is 96.4 Å². The molecule has 38 heavy (non-hydrogen) atoms. The first-order valence-electron chi connectivity index (χ1n) is 13.6. The Hall–Kier alpha value is -2.97. The first-order chi connectivity index (χ1) is 18.2. The predicted molar refractivity (Wildman–Crippen MR) is 143 cm³/mol. The van der Waals surface area contributed by atoms with E-state index < -0.39 is 41.1 Å². The third-order valence-corrected chi connectivity index (χ3v) is 8.60. The van der Waals surface area contributed by atoms with Crippen molar-refractivity contribution in [3.05, 3.63) is 61.2 Å². The number of ether oxygens (including phenoxy) is 2. The zero-order valence-corrected chi connectivity index (χ0v) is 22.7. The highest BCUT2D eigenvalue weighted by molar-refractivity contribution is 5.99.